The molecule has 0 aromatic carbocycles. The second kappa shape index (κ2) is 2.02. The predicted octanol–water partition coefficient (Wildman–Crippen LogP) is 0.984. The van der Waals surface area contributed by atoms with Crippen LogP contribution in [0.5, 0.6) is 0 Å². The average Bonchev–Trinajstić information content (AvgIpc) is 2.34. The summed E-state index contributed by atoms with van der Waals surface area (Å²) >= 11 is 3.22. The zero-order valence-electron chi connectivity index (χ0n) is 4.90. The van der Waals surface area contributed by atoms with Gasteiger partial charge in [0.15, 0.2) is 11.3 Å². The van der Waals surface area contributed by atoms with Gasteiger partial charge in [0, 0.05) is 12.4 Å². The fraction of sp³-hybridized carbons (Fsp3) is 0. The van der Waals surface area contributed by atoms with E-state index in [9.17, 15) is 0 Å². The minimum absolute atomic E-state index is 0.652. The van der Waals surface area contributed by atoms with E-state index in [4.69, 9.17) is 0 Å². The highest BCUT2D eigenvalue weighted by Gasteiger charge is 1.98. The first-order valence-electron chi connectivity index (χ1n) is 2.68. The van der Waals surface area contributed by atoms with E-state index in [-0.39, 0.29) is 0 Å². The van der Waals surface area contributed by atoms with Gasteiger partial charge in [-0.25, -0.2) is 18.5 Å². The van der Waals surface area contributed by atoms with Gasteiger partial charge in [-0.05, 0) is 0 Å². The van der Waals surface area contributed by atoms with Crippen LogP contribution in [0, 0.1) is 0 Å². The van der Waals surface area contributed by atoms with Crippen LogP contribution in [0.1, 0.15) is 0 Å². The van der Waals surface area contributed by atoms with Crippen molar-refractivity contribution in [3.63, 3.8) is 0 Å². The number of aromatic nitrogens is 4. The molecule has 0 spiro atoms. The summed E-state index contributed by atoms with van der Waals surface area (Å²) in [5.74, 6) is 0. The highest BCUT2D eigenvalue weighted by molar-refractivity contribution is 9.08. The molecule has 0 fully saturated rings. The van der Waals surface area contributed by atoms with Crippen molar-refractivity contribution in [2.24, 2.45) is 0 Å². The third-order valence-electron chi connectivity index (χ3n) is 1.14. The Morgan fingerprint density at radius 1 is 1.20 bits per heavy atom. The van der Waals surface area contributed by atoms with E-state index < -0.39 is 0 Å². The Morgan fingerprint density at radius 2 is 2.00 bits per heavy atom. The second-order valence-electron chi connectivity index (χ2n) is 1.76. The number of imidazole rings is 1. The van der Waals surface area contributed by atoms with E-state index in [1.807, 2.05) is 0 Å². The molecular weight excluding hydrogens is 196 g/mol. The molecule has 2 heterocycles. The highest BCUT2D eigenvalue weighted by Crippen LogP contribution is 2.06. The second-order valence-corrected chi connectivity index (χ2v) is 2.52. The van der Waals surface area contributed by atoms with Crippen LogP contribution in [0.2, 0.25) is 0 Å². The first-order valence-corrected chi connectivity index (χ1v) is 3.39. The van der Waals surface area contributed by atoms with Crippen LogP contribution >= 0.6 is 16.1 Å². The van der Waals surface area contributed by atoms with Crippen LogP contribution in [0.4, 0.5) is 0 Å². The van der Waals surface area contributed by atoms with Gasteiger partial charge in [0.2, 0.25) is 0 Å². The molecule has 2 aromatic rings. The van der Waals surface area contributed by atoms with Crippen molar-refractivity contribution < 1.29 is 0 Å². The number of hydrogen-bond donors (Lipinski definition) is 0. The van der Waals surface area contributed by atoms with E-state index in [2.05, 4.69) is 31.1 Å². The molecule has 0 aliphatic carbocycles. The van der Waals surface area contributed by atoms with Crippen LogP contribution in [0.3, 0.4) is 0 Å². The van der Waals surface area contributed by atoms with E-state index in [0.29, 0.717) is 5.65 Å². The van der Waals surface area contributed by atoms with Crippen LogP contribution in [-0.4, -0.2) is 18.5 Å². The maximum Gasteiger partial charge on any atom is 0.198 e. The zero-order valence-corrected chi connectivity index (χ0v) is 6.48. The molecule has 0 atom stereocenters. The Balaban J connectivity index is 2.93. The molecule has 0 radical (unpaired) electrons. The molecule has 0 N–H and O–H groups in total. The topological polar surface area (TPSA) is 43.6 Å². The molecule has 0 amide bonds. The average molecular weight is 199 g/mol. The summed E-state index contributed by atoms with van der Waals surface area (Å²) in [6.45, 7) is 0. The van der Waals surface area contributed by atoms with Crippen molar-refractivity contribution in [3.8, 4) is 0 Å². The van der Waals surface area contributed by atoms with E-state index in [1.54, 1.807) is 22.3 Å². The van der Waals surface area contributed by atoms with Gasteiger partial charge in [-0.2, -0.15) is 0 Å². The van der Waals surface area contributed by atoms with Gasteiger partial charge in [-0.3, -0.25) is 0 Å². The fourth-order valence-corrected chi connectivity index (χ4v) is 1.07. The maximum atomic E-state index is 4.03. The van der Waals surface area contributed by atoms with E-state index >= 15 is 0 Å². The van der Waals surface area contributed by atoms with Crippen molar-refractivity contribution in [3.05, 3.63) is 18.7 Å². The summed E-state index contributed by atoms with van der Waals surface area (Å²) in [6, 6.07) is 0. The number of rotatable bonds is 0. The van der Waals surface area contributed by atoms with Gasteiger partial charge in [0.1, 0.15) is 6.33 Å². The summed E-state index contributed by atoms with van der Waals surface area (Å²) in [4.78, 5) is 12.0. The number of hydrogen-bond acceptors (Lipinski definition) is 3. The highest BCUT2D eigenvalue weighted by atomic mass is 79.9. The van der Waals surface area contributed by atoms with Crippen LogP contribution in [0.15, 0.2) is 18.7 Å². The van der Waals surface area contributed by atoms with E-state index in [0.717, 1.165) is 5.65 Å². The van der Waals surface area contributed by atoms with Gasteiger partial charge in [-0.15, -0.1) is 0 Å². The first kappa shape index (κ1) is 5.79. The molecule has 0 saturated carbocycles. The standard InChI is InChI=1S/C5H3BrN4/c6-10-3-9-4-5(10)8-2-1-7-4/h1-3H. The zero-order chi connectivity index (χ0) is 6.97. The molecule has 2 aromatic heterocycles. The summed E-state index contributed by atoms with van der Waals surface area (Å²) < 4.78 is 1.65. The van der Waals surface area contributed by atoms with Crippen molar-refractivity contribution in [1.82, 2.24) is 18.5 Å². The Bertz CT molecular complexity index is 355. The maximum absolute atomic E-state index is 4.03. The predicted molar refractivity (Wildman–Crippen MR) is 39.6 cm³/mol. The van der Waals surface area contributed by atoms with Crippen LogP contribution < -0.4 is 0 Å². The third-order valence-corrected chi connectivity index (χ3v) is 1.66. The van der Waals surface area contributed by atoms with Gasteiger partial charge in [0.05, 0.1) is 16.1 Å². The largest absolute Gasteiger partial charge is 0.247 e. The number of nitrogens with zero attached hydrogens (tertiary/aromatic N) is 4. The van der Waals surface area contributed by atoms with Gasteiger partial charge >= 0.3 is 0 Å². The summed E-state index contributed by atoms with van der Waals surface area (Å²) in [6.07, 6.45) is 4.86. The molecule has 50 valence electrons. The smallest absolute Gasteiger partial charge is 0.198 e. The summed E-state index contributed by atoms with van der Waals surface area (Å²) in [5.41, 5.74) is 1.39. The molecule has 5 heteroatoms. The first-order chi connectivity index (χ1) is 4.88. The number of halogens is 1. The monoisotopic (exact) mass is 198 g/mol. The molecule has 2 rings (SSSR count). The number of fused-ring (bicyclic) bond motifs is 1. The third kappa shape index (κ3) is 0.706. The van der Waals surface area contributed by atoms with Gasteiger partial charge in [-0.1, -0.05) is 0 Å². The van der Waals surface area contributed by atoms with Crippen molar-refractivity contribution in [1.29, 1.82) is 0 Å². The molecule has 0 aliphatic rings. The Kier molecular flexibility index (Phi) is 1.17. The Morgan fingerprint density at radius 3 is 2.80 bits per heavy atom. The van der Waals surface area contributed by atoms with Crippen LogP contribution in [-0.2, 0) is 0 Å². The molecular formula is C5H3BrN4. The lowest BCUT2D eigenvalue weighted by Crippen LogP contribution is -1.81. The summed E-state index contributed by atoms with van der Waals surface area (Å²) in [7, 11) is 0. The fourth-order valence-electron chi connectivity index (χ4n) is 0.725. The molecule has 0 bridgehead atoms. The quantitative estimate of drug-likeness (QED) is 0.635. The van der Waals surface area contributed by atoms with Crippen LogP contribution in [0.25, 0.3) is 11.3 Å². The molecule has 0 aliphatic heterocycles. The van der Waals surface area contributed by atoms with Gasteiger partial charge < -0.3 is 0 Å². The lowest BCUT2D eigenvalue weighted by Gasteiger charge is -1.85. The van der Waals surface area contributed by atoms with E-state index in [1.165, 1.54) is 0 Å². The Hall–Kier alpha value is -0.970. The van der Waals surface area contributed by atoms with Gasteiger partial charge in [0.25, 0.3) is 0 Å². The summed E-state index contributed by atoms with van der Waals surface area (Å²) in [5, 5.41) is 0. The molecule has 0 unspecified atom stereocenters. The van der Waals surface area contributed by atoms with Crippen molar-refractivity contribution in [2.45, 2.75) is 0 Å². The minimum Gasteiger partial charge on any atom is -0.247 e. The SMILES string of the molecule is Brn1cnc2nccnc21. The van der Waals surface area contributed by atoms with Crippen molar-refractivity contribution >= 4 is 27.4 Å². The molecule has 0 saturated heterocycles. The lowest BCUT2D eigenvalue weighted by molar-refractivity contribution is 1.24. The normalized spacial score (nSPS) is 10.5. The molecule has 4 nitrogen and oxygen atoms in total. The Labute approximate surface area is 65.3 Å². The minimum atomic E-state index is 0.652. The molecule has 10 heavy (non-hydrogen) atoms. The van der Waals surface area contributed by atoms with Crippen molar-refractivity contribution in [2.75, 3.05) is 0 Å². The lowest BCUT2D eigenvalue weighted by atomic mass is 10.7.